The molecule has 1 aliphatic carbocycles. The number of hydrogen-bond donors (Lipinski definition) is 2. The molecule has 0 radical (unpaired) electrons. The Balaban J connectivity index is 1.28. The maximum Gasteiger partial charge on any atom is 0.401 e. The van der Waals surface area contributed by atoms with Gasteiger partial charge in [-0.15, -0.1) is 5.10 Å². The number of aromatic nitrogens is 4. The summed E-state index contributed by atoms with van der Waals surface area (Å²) in [5, 5.41) is 12.5. The molecule has 0 saturated heterocycles. The topological polar surface area (TPSA) is 106 Å². The molecule has 1 amide bonds. The summed E-state index contributed by atoms with van der Waals surface area (Å²) in [5.41, 5.74) is -0.924. The van der Waals surface area contributed by atoms with Crippen LogP contribution in [0.4, 0.5) is 32.2 Å². The van der Waals surface area contributed by atoms with Gasteiger partial charge in [-0.1, -0.05) is 17.3 Å². The minimum atomic E-state index is -4.49. The molecule has 0 spiro atoms. The zero-order valence-electron chi connectivity index (χ0n) is 18.7. The van der Waals surface area contributed by atoms with Gasteiger partial charge in [-0.25, -0.2) is 18.2 Å². The van der Waals surface area contributed by atoms with Crippen molar-refractivity contribution in [2.24, 2.45) is 0 Å². The van der Waals surface area contributed by atoms with Crippen LogP contribution in [0.5, 0.6) is 5.88 Å². The van der Waals surface area contributed by atoms with Crippen molar-refractivity contribution in [3.63, 3.8) is 0 Å². The number of ether oxygens (including phenoxy) is 1. The molecule has 37 heavy (non-hydrogen) atoms. The van der Waals surface area contributed by atoms with Crippen molar-refractivity contribution in [2.45, 2.75) is 37.3 Å². The number of fused-ring (bicyclic) bond motifs is 1. The van der Waals surface area contributed by atoms with Crippen molar-refractivity contribution in [3.05, 3.63) is 53.7 Å². The molecule has 2 N–H and O–H groups in total. The lowest BCUT2D eigenvalue weighted by molar-refractivity contribution is -0.165. The number of hydrogen-bond acceptors (Lipinski definition) is 6. The largest absolute Gasteiger partial charge is 0.470 e. The Morgan fingerprint density at radius 2 is 1.97 bits per heavy atom. The highest BCUT2D eigenvalue weighted by Gasteiger charge is 2.66. The van der Waals surface area contributed by atoms with E-state index < -0.39 is 42.8 Å². The normalized spacial score (nSPS) is 14.8. The Bertz CT molecular complexity index is 1460. The van der Waals surface area contributed by atoms with E-state index in [1.54, 1.807) is 6.07 Å². The monoisotopic (exact) mass is 525 g/mol. The smallest absolute Gasteiger partial charge is 0.401 e. The van der Waals surface area contributed by atoms with Crippen LogP contribution in [0, 0.1) is 5.82 Å². The standard InChI is InChI=1S/C23H17F6N5O3/c24-15-6-11(13-5-14-20(30-9-13)32-33-21(14)36-10-17(25)26)1-2-12(15)7-19(35)31-18-8-16(37-34-18)22(3-4-22)23(27,28)29/h1-2,5-6,8-9,17H,3-4,7,10H2,(H,30,32,33)(H,31,34,35). The number of carbonyl (C=O) groups excluding carboxylic acids is 1. The van der Waals surface area contributed by atoms with Gasteiger partial charge in [0, 0.05) is 17.8 Å². The van der Waals surface area contributed by atoms with Crippen LogP contribution in [0.3, 0.4) is 0 Å². The van der Waals surface area contributed by atoms with Gasteiger partial charge in [0.05, 0.1) is 11.8 Å². The van der Waals surface area contributed by atoms with Crippen molar-refractivity contribution in [1.29, 1.82) is 0 Å². The lowest BCUT2D eigenvalue weighted by Gasteiger charge is -2.14. The van der Waals surface area contributed by atoms with Crippen molar-refractivity contribution >= 4 is 22.8 Å². The first-order valence-electron chi connectivity index (χ1n) is 10.9. The number of nitrogens with one attached hydrogen (secondary N) is 2. The third-order valence-electron chi connectivity index (χ3n) is 6.01. The van der Waals surface area contributed by atoms with Crippen molar-refractivity contribution < 1.29 is 40.4 Å². The molecule has 1 aromatic carbocycles. The fourth-order valence-corrected chi connectivity index (χ4v) is 3.88. The van der Waals surface area contributed by atoms with E-state index in [4.69, 9.17) is 9.26 Å². The van der Waals surface area contributed by atoms with Crippen molar-refractivity contribution in [2.75, 3.05) is 11.9 Å². The van der Waals surface area contributed by atoms with Crippen LogP contribution in [0.15, 0.2) is 41.1 Å². The minimum Gasteiger partial charge on any atom is -0.470 e. The molecule has 14 heteroatoms. The Hall–Kier alpha value is -4.10. The third-order valence-corrected chi connectivity index (χ3v) is 6.01. The molecule has 4 aromatic rings. The van der Waals surface area contributed by atoms with E-state index in [2.05, 4.69) is 25.7 Å². The van der Waals surface area contributed by atoms with Gasteiger partial charge in [0.2, 0.25) is 11.8 Å². The van der Waals surface area contributed by atoms with Gasteiger partial charge in [0.1, 0.15) is 11.2 Å². The number of pyridine rings is 1. The number of nitrogens with zero attached hydrogens (tertiary/aromatic N) is 3. The summed E-state index contributed by atoms with van der Waals surface area (Å²) in [7, 11) is 0. The Kier molecular flexibility index (Phi) is 6.04. The fraction of sp³-hybridized carbons (Fsp3) is 0.304. The number of rotatable bonds is 8. The van der Waals surface area contributed by atoms with Crippen LogP contribution in [0.1, 0.15) is 24.2 Å². The first-order chi connectivity index (χ1) is 17.6. The van der Waals surface area contributed by atoms with Gasteiger partial charge in [-0.2, -0.15) is 13.2 Å². The van der Waals surface area contributed by atoms with Crippen LogP contribution in [-0.4, -0.2) is 45.5 Å². The molecule has 8 nitrogen and oxygen atoms in total. The highest BCUT2D eigenvalue weighted by molar-refractivity contribution is 5.91. The van der Waals surface area contributed by atoms with Crippen molar-refractivity contribution in [1.82, 2.24) is 20.3 Å². The summed E-state index contributed by atoms with van der Waals surface area (Å²) in [6.45, 7) is -0.853. The zero-order valence-corrected chi connectivity index (χ0v) is 18.7. The van der Waals surface area contributed by atoms with E-state index in [-0.39, 0.29) is 35.9 Å². The number of aromatic amines is 1. The Labute approximate surface area is 204 Å². The summed E-state index contributed by atoms with van der Waals surface area (Å²) in [6, 6.07) is 6.64. The molecule has 0 bridgehead atoms. The summed E-state index contributed by atoms with van der Waals surface area (Å²) in [6.07, 6.45) is -6.41. The predicted octanol–water partition coefficient (Wildman–Crippen LogP) is 5.17. The van der Waals surface area contributed by atoms with Gasteiger partial charge in [0.25, 0.3) is 6.43 Å². The molecule has 0 aliphatic heterocycles. The van der Waals surface area contributed by atoms with Gasteiger partial charge in [-0.05, 0) is 36.1 Å². The second-order valence-electron chi connectivity index (χ2n) is 8.54. The summed E-state index contributed by atoms with van der Waals surface area (Å²) in [4.78, 5) is 16.5. The Morgan fingerprint density at radius 3 is 2.65 bits per heavy atom. The molecular formula is C23H17F6N5O3. The van der Waals surface area contributed by atoms with Gasteiger partial charge in [0.15, 0.2) is 23.8 Å². The molecule has 5 rings (SSSR count). The Morgan fingerprint density at radius 1 is 1.19 bits per heavy atom. The lowest BCUT2D eigenvalue weighted by atomic mass is 10.0. The second kappa shape index (κ2) is 9.09. The first kappa shape index (κ1) is 24.6. The van der Waals surface area contributed by atoms with Crippen molar-refractivity contribution in [3.8, 4) is 17.0 Å². The number of halogens is 6. The number of anilines is 1. The van der Waals surface area contributed by atoms with Crippen LogP contribution in [-0.2, 0) is 16.6 Å². The highest BCUT2D eigenvalue weighted by atomic mass is 19.4. The van der Waals surface area contributed by atoms with Crippen LogP contribution >= 0.6 is 0 Å². The van der Waals surface area contributed by atoms with Gasteiger partial charge in [-0.3, -0.25) is 9.89 Å². The van der Waals surface area contributed by atoms with E-state index >= 15 is 0 Å². The summed E-state index contributed by atoms with van der Waals surface area (Å²) < 4.78 is 89.2. The maximum absolute atomic E-state index is 14.8. The molecule has 1 fully saturated rings. The highest BCUT2D eigenvalue weighted by Crippen LogP contribution is 2.59. The SMILES string of the molecule is O=C(Cc1ccc(-c2cnc3[nH]nc(OCC(F)F)c3c2)cc1F)Nc1cc(C2(C(F)(F)F)CC2)on1. The van der Waals surface area contributed by atoms with Gasteiger partial charge < -0.3 is 14.6 Å². The molecule has 0 atom stereocenters. The quantitative estimate of drug-likeness (QED) is 0.308. The van der Waals surface area contributed by atoms with E-state index in [9.17, 15) is 31.1 Å². The summed E-state index contributed by atoms with van der Waals surface area (Å²) in [5.74, 6) is -2.07. The number of amides is 1. The van der Waals surface area contributed by atoms with Gasteiger partial charge >= 0.3 is 6.18 Å². The molecule has 194 valence electrons. The fourth-order valence-electron chi connectivity index (χ4n) is 3.88. The molecule has 0 unspecified atom stereocenters. The van der Waals surface area contributed by atoms with Crippen LogP contribution < -0.4 is 10.1 Å². The average molecular weight is 525 g/mol. The predicted molar refractivity (Wildman–Crippen MR) is 117 cm³/mol. The summed E-state index contributed by atoms with van der Waals surface area (Å²) >= 11 is 0. The number of alkyl halides is 5. The molecule has 1 saturated carbocycles. The lowest BCUT2D eigenvalue weighted by Crippen LogP contribution is -2.28. The molecule has 3 aromatic heterocycles. The average Bonchev–Trinajstić information content (AvgIpc) is 3.38. The first-order valence-corrected chi connectivity index (χ1v) is 10.9. The number of carbonyl (C=O) groups is 1. The van der Waals surface area contributed by atoms with Crippen LogP contribution in [0.25, 0.3) is 22.2 Å². The number of benzene rings is 1. The number of H-pyrrole nitrogens is 1. The third kappa shape index (κ3) is 4.82. The minimum absolute atomic E-state index is 0.0252. The molecule has 3 heterocycles. The molecular weight excluding hydrogens is 508 g/mol. The van der Waals surface area contributed by atoms with E-state index in [0.717, 1.165) is 6.07 Å². The molecule has 1 aliphatic rings. The van der Waals surface area contributed by atoms with Crippen LogP contribution in [0.2, 0.25) is 0 Å². The maximum atomic E-state index is 14.8. The van der Waals surface area contributed by atoms with E-state index in [0.29, 0.717) is 22.2 Å². The van der Waals surface area contributed by atoms with E-state index in [1.165, 1.54) is 24.4 Å². The second-order valence-corrected chi connectivity index (χ2v) is 8.54. The van der Waals surface area contributed by atoms with E-state index in [1.807, 2.05) is 0 Å². The zero-order chi connectivity index (χ0) is 26.4.